The van der Waals surface area contributed by atoms with Gasteiger partial charge < -0.3 is 17.2 Å². The molecule has 0 aliphatic rings. The number of rotatable bonds is 18. The van der Waals surface area contributed by atoms with Crippen molar-refractivity contribution >= 4 is 60.8 Å². The highest BCUT2D eigenvalue weighted by atomic mass is 35.5. The Morgan fingerprint density at radius 3 is 1.28 bits per heavy atom. The first kappa shape index (κ1) is 53.5. The van der Waals surface area contributed by atoms with Crippen LogP contribution in [0.15, 0.2) is 75.4 Å². The Balaban J connectivity index is 0. The van der Waals surface area contributed by atoms with E-state index in [4.69, 9.17) is 40.4 Å². The number of unbranched alkanes of at least 4 members (excludes halogenated alkanes) is 1. The van der Waals surface area contributed by atoms with Crippen LogP contribution in [0, 0.1) is 10.8 Å². The minimum atomic E-state index is -3.78. The minimum absolute atomic E-state index is 0.0508. The summed E-state index contributed by atoms with van der Waals surface area (Å²) in [5.41, 5.74) is 16.9. The lowest BCUT2D eigenvalue weighted by atomic mass is 9.94. The zero-order valence-corrected chi connectivity index (χ0v) is 36.6. The second-order valence-electron chi connectivity index (χ2n) is 14.7. The predicted molar refractivity (Wildman–Crippen MR) is 225 cm³/mol. The Bertz CT molecular complexity index is 1550. The molecule has 0 saturated carbocycles. The Morgan fingerprint density at radius 2 is 1.00 bits per heavy atom. The number of sulfonamides is 2. The molecule has 16 heteroatoms. The van der Waals surface area contributed by atoms with E-state index < -0.39 is 37.9 Å². The van der Waals surface area contributed by atoms with Gasteiger partial charge in [-0.1, -0.05) is 111 Å². The number of nitrogens with two attached hydrogens (primary N) is 3. The molecular weight excluding hydrogens is 771 g/mol. The molecule has 2 atom stereocenters. The third-order valence-corrected chi connectivity index (χ3v) is 11.3. The van der Waals surface area contributed by atoms with Crippen molar-refractivity contribution in [3.05, 3.63) is 60.7 Å². The van der Waals surface area contributed by atoms with Crippen molar-refractivity contribution in [3.8, 4) is 0 Å². The van der Waals surface area contributed by atoms with Gasteiger partial charge in [0.25, 0.3) is 0 Å². The molecule has 0 amide bonds. The molecule has 2 aromatic rings. The highest BCUT2D eigenvalue weighted by molar-refractivity contribution is 7.89. The summed E-state index contributed by atoms with van der Waals surface area (Å²) in [5, 5.41) is 0. The van der Waals surface area contributed by atoms with Crippen LogP contribution in [0.1, 0.15) is 100 Å². The van der Waals surface area contributed by atoms with E-state index in [0.717, 1.165) is 6.42 Å². The molecule has 310 valence electrons. The van der Waals surface area contributed by atoms with Gasteiger partial charge in [-0.2, -0.15) is 0 Å². The van der Waals surface area contributed by atoms with E-state index in [2.05, 4.69) is 69.8 Å². The molecule has 8 N–H and O–H groups in total. The largest absolute Gasteiger partial charge is 0.370 e. The summed E-state index contributed by atoms with van der Waals surface area (Å²) in [6.07, 6.45) is 5.05. The van der Waals surface area contributed by atoms with Gasteiger partial charge in [-0.15, -0.1) is 23.2 Å². The van der Waals surface area contributed by atoms with Gasteiger partial charge in [0, 0.05) is 6.54 Å². The maximum atomic E-state index is 12.2. The number of alkyl halides is 2. The van der Waals surface area contributed by atoms with Crippen LogP contribution in [0.2, 0.25) is 0 Å². The third kappa shape index (κ3) is 27.1. The number of Topliss-reactive ketones (excluding diaryl/α,β-unsaturated/α-hetero) is 2. The molecule has 0 aliphatic carbocycles. The summed E-state index contributed by atoms with van der Waals surface area (Å²) in [5.74, 6) is -1.27. The Morgan fingerprint density at radius 1 is 0.667 bits per heavy atom. The summed E-state index contributed by atoms with van der Waals surface area (Å²) in [4.78, 5) is 27.5. The van der Waals surface area contributed by atoms with E-state index in [1.165, 1.54) is 37.1 Å². The number of carbonyl (C=O) groups is 2. The van der Waals surface area contributed by atoms with Crippen molar-refractivity contribution in [3.63, 3.8) is 0 Å². The van der Waals surface area contributed by atoms with Crippen LogP contribution in [-0.2, 0) is 29.6 Å². The average molecular weight is 838 g/mol. The van der Waals surface area contributed by atoms with Gasteiger partial charge in [-0.05, 0) is 67.3 Å². The molecule has 0 fully saturated rings. The summed E-state index contributed by atoms with van der Waals surface area (Å²) in [6, 6.07) is 14.0. The van der Waals surface area contributed by atoms with Crippen LogP contribution in [-0.4, -0.2) is 71.3 Å². The SMILES string of the molecule is CCC(C)(C)C.CCC(C)(C)C.NC(N)=NCCC[C@H](NS(=O)(=O)c1ccccc1)C(=O)CCl.NCCCC[C@H](NS(=O)(=O)c1ccccc1)C(=O)CCl. The van der Waals surface area contributed by atoms with Crippen LogP contribution in [0.4, 0.5) is 0 Å². The average Bonchev–Trinajstić information content (AvgIpc) is 3.12. The number of benzene rings is 2. The summed E-state index contributed by atoms with van der Waals surface area (Å²) in [7, 11) is -7.50. The monoisotopic (exact) mass is 836 g/mol. The molecule has 0 saturated heterocycles. The molecule has 0 aliphatic heterocycles. The lowest BCUT2D eigenvalue weighted by molar-refractivity contribution is -0.119. The first-order valence-electron chi connectivity index (χ1n) is 18.1. The van der Waals surface area contributed by atoms with Crippen LogP contribution in [0.3, 0.4) is 0 Å². The quantitative estimate of drug-likeness (QED) is 0.0489. The van der Waals surface area contributed by atoms with Gasteiger partial charge in [-0.3, -0.25) is 14.6 Å². The van der Waals surface area contributed by atoms with Gasteiger partial charge in [0.1, 0.15) is 0 Å². The van der Waals surface area contributed by atoms with Crippen molar-refractivity contribution in [2.75, 3.05) is 24.8 Å². The predicted octanol–water partition coefficient (Wildman–Crippen LogP) is 6.35. The Labute approximate surface area is 335 Å². The maximum Gasteiger partial charge on any atom is 0.241 e. The molecule has 2 rings (SSSR count). The zero-order valence-electron chi connectivity index (χ0n) is 33.4. The first-order chi connectivity index (χ1) is 25.0. The molecular formula is C38H66Cl2N6O6S2. The number of ketones is 2. The van der Waals surface area contributed by atoms with Crippen molar-refractivity contribution in [1.82, 2.24) is 9.44 Å². The highest BCUT2D eigenvalue weighted by Crippen LogP contribution is 2.17. The number of guanidine groups is 1. The number of hydrogen-bond acceptors (Lipinski definition) is 8. The molecule has 0 bridgehead atoms. The number of nitrogens with zero attached hydrogens (tertiary/aromatic N) is 1. The fourth-order valence-corrected chi connectivity index (χ4v) is 6.39. The van der Waals surface area contributed by atoms with Crippen molar-refractivity contribution in [2.45, 2.75) is 122 Å². The van der Waals surface area contributed by atoms with Crippen LogP contribution in [0.25, 0.3) is 0 Å². The van der Waals surface area contributed by atoms with E-state index in [0.29, 0.717) is 43.2 Å². The Hall–Kier alpha value is -2.59. The minimum Gasteiger partial charge on any atom is -0.370 e. The van der Waals surface area contributed by atoms with Crippen molar-refractivity contribution in [1.29, 1.82) is 0 Å². The van der Waals surface area contributed by atoms with E-state index in [9.17, 15) is 26.4 Å². The second kappa shape index (κ2) is 27.9. The van der Waals surface area contributed by atoms with Crippen LogP contribution >= 0.6 is 23.2 Å². The van der Waals surface area contributed by atoms with Gasteiger partial charge in [0.15, 0.2) is 17.5 Å². The number of halogens is 2. The zero-order chi connectivity index (χ0) is 42.0. The highest BCUT2D eigenvalue weighted by Gasteiger charge is 2.25. The van der Waals surface area contributed by atoms with Crippen molar-refractivity contribution < 1.29 is 26.4 Å². The third-order valence-electron chi connectivity index (χ3n) is 7.76. The number of nitrogens with one attached hydrogen (secondary N) is 2. The van der Waals surface area contributed by atoms with Gasteiger partial charge in [0.2, 0.25) is 20.0 Å². The maximum absolute atomic E-state index is 12.2. The normalized spacial score (nSPS) is 12.6. The van der Waals surface area contributed by atoms with E-state index in [1.807, 2.05) is 0 Å². The number of carbonyl (C=O) groups excluding carboxylic acids is 2. The molecule has 0 unspecified atom stereocenters. The van der Waals surface area contributed by atoms with Gasteiger partial charge in [0.05, 0.1) is 33.6 Å². The summed E-state index contributed by atoms with van der Waals surface area (Å²) in [6.45, 7) is 18.7. The fraction of sp³-hybridized carbons (Fsp3) is 0.605. The smallest absolute Gasteiger partial charge is 0.241 e. The lowest BCUT2D eigenvalue weighted by Gasteiger charge is -2.16. The summed E-state index contributed by atoms with van der Waals surface area (Å²) < 4.78 is 53.6. The standard InChI is InChI=1S/C13H19ClN4O3S.C13H19ClN2O3S.2C6H14/c14-9-12(19)11(7-4-8-17-13(15)16)18-22(20,21)10-5-2-1-3-6-10;14-10-13(17)12(8-4-5-9-15)16-20(18,19)11-6-2-1-3-7-11;2*1-5-6(2,3)4/h1-3,5-6,11,18H,4,7-9H2,(H4,15,16,17);1-3,6-7,12,16H,4-5,8-10,15H2;2*5H2,1-4H3/t11-;12-;;/m00../s1. The van der Waals surface area contributed by atoms with E-state index in [-0.39, 0.29) is 39.7 Å². The number of hydrogen-bond donors (Lipinski definition) is 5. The lowest BCUT2D eigenvalue weighted by Crippen LogP contribution is -2.41. The van der Waals surface area contributed by atoms with E-state index in [1.54, 1.807) is 36.4 Å². The molecule has 12 nitrogen and oxygen atoms in total. The van der Waals surface area contributed by atoms with Crippen LogP contribution < -0.4 is 26.6 Å². The molecule has 54 heavy (non-hydrogen) atoms. The Kier molecular flexibility index (Phi) is 27.7. The van der Waals surface area contributed by atoms with E-state index >= 15 is 0 Å². The summed E-state index contributed by atoms with van der Waals surface area (Å²) >= 11 is 11.1. The molecule has 0 heterocycles. The topological polar surface area (TPSA) is 217 Å². The molecule has 0 aromatic heterocycles. The molecule has 2 aromatic carbocycles. The fourth-order valence-electron chi connectivity index (χ4n) is 3.46. The van der Waals surface area contributed by atoms with Gasteiger partial charge in [-0.25, -0.2) is 26.3 Å². The van der Waals surface area contributed by atoms with Gasteiger partial charge >= 0.3 is 0 Å². The molecule has 0 radical (unpaired) electrons. The first-order valence-corrected chi connectivity index (χ1v) is 22.1. The molecule has 0 spiro atoms. The van der Waals surface area contributed by atoms with Crippen LogP contribution in [0.5, 0.6) is 0 Å². The number of aliphatic imine (C=N–C) groups is 1. The van der Waals surface area contributed by atoms with Crippen molar-refractivity contribution in [2.24, 2.45) is 33.0 Å². The second-order valence-corrected chi connectivity index (χ2v) is 18.7.